The second kappa shape index (κ2) is 3.75. The summed E-state index contributed by atoms with van der Waals surface area (Å²) >= 11 is 1.62. The van der Waals surface area contributed by atoms with Gasteiger partial charge in [-0.2, -0.15) is 0 Å². The van der Waals surface area contributed by atoms with Crippen LogP contribution in [0.4, 0.5) is 0 Å². The summed E-state index contributed by atoms with van der Waals surface area (Å²) < 4.78 is 6.19. The minimum absolute atomic E-state index is 0.190. The van der Waals surface area contributed by atoms with Crippen LogP contribution in [0, 0.1) is 5.41 Å². The Balaban J connectivity index is 2.38. The number of hydrogen-bond acceptors (Lipinski definition) is 4. The molecule has 0 aliphatic rings. The topological polar surface area (TPSA) is 46.0 Å². The van der Waals surface area contributed by atoms with Crippen LogP contribution in [-0.4, -0.2) is 17.5 Å². The normalized spacial score (nSPS) is 10.4. The number of thiophene rings is 1. The Kier molecular flexibility index (Phi) is 2.45. The van der Waals surface area contributed by atoms with Gasteiger partial charge in [0.2, 0.25) is 5.90 Å². The summed E-state index contributed by atoms with van der Waals surface area (Å²) in [6, 6.07) is 3.90. The van der Waals surface area contributed by atoms with Crippen molar-refractivity contribution in [3.05, 3.63) is 29.3 Å². The highest BCUT2D eigenvalue weighted by molar-refractivity contribution is 7.17. The van der Waals surface area contributed by atoms with Gasteiger partial charge in [-0.1, -0.05) is 0 Å². The summed E-state index contributed by atoms with van der Waals surface area (Å²) in [4.78, 5) is 4.23. The smallest absolute Gasteiger partial charge is 0.214 e. The maximum absolute atomic E-state index is 7.60. The van der Waals surface area contributed by atoms with E-state index in [9.17, 15) is 0 Å². The lowest BCUT2D eigenvalue weighted by Crippen LogP contribution is -2.04. The van der Waals surface area contributed by atoms with Crippen molar-refractivity contribution in [3.8, 4) is 0 Å². The Bertz CT molecular complexity index is 464. The van der Waals surface area contributed by atoms with Gasteiger partial charge in [0.15, 0.2) is 0 Å². The van der Waals surface area contributed by atoms with Crippen LogP contribution in [0.5, 0.6) is 0 Å². The van der Waals surface area contributed by atoms with Crippen molar-refractivity contribution in [1.29, 1.82) is 5.41 Å². The molecule has 0 aliphatic carbocycles. The van der Waals surface area contributed by atoms with Gasteiger partial charge >= 0.3 is 0 Å². The Labute approximate surface area is 85.9 Å². The summed E-state index contributed by atoms with van der Waals surface area (Å²) in [5, 5.41) is 9.59. The lowest BCUT2D eigenvalue weighted by molar-refractivity contribution is 0.325. The Morgan fingerprint density at radius 1 is 1.64 bits per heavy atom. The standard InChI is InChI=1S/C10H10N2OS/c1-2-13-10(11)7-5-9-8(12-6-7)3-4-14-9/h3-6,11H,2H2,1H3. The maximum atomic E-state index is 7.60. The fraction of sp³-hybridized carbons (Fsp3) is 0.200. The third-order valence-electron chi connectivity index (χ3n) is 1.85. The molecule has 4 heteroatoms. The molecule has 3 nitrogen and oxygen atoms in total. The first-order valence-electron chi connectivity index (χ1n) is 4.36. The number of pyridine rings is 1. The molecule has 0 atom stereocenters. The molecule has 1 N–H and O–H groups in total. The van der Waals surface area contributed by atoms with Crippen molar-refractivity contribution in [3.63, 3.8) is 0 Å². The van der Waals surface area contributed by atoms with Crippen molar-refractivity contribution >= 4 is 27.5 Å². The molecule has 0 unspecified atom stereocenters. The van der Waals surface area contributed by atoms with Gasteiger partial charge in [-0.05, 0) is 24.4 Å². The highest BCUT2D eigenvalue weighted by Gasteiger charge is 2.04. The number of rotatable bonds is 2. The number of aromatic nitrogens is 1. The van der Waals surface area contributed by atoms with E-state index in [-0.39, 0.29) is 5.90 Å². The van der Waals surface area contributed by atoms with E-state index in [0.717, 1.165) is 15.8 Å². The monoisotopic (exact) mass is 206 g/mol. The van der Waals surface area contributed by atoms with Crippen molar-refractivity contribution in [1.82, 2.24) is 4.98 Å². The fourth-order valence-corrected chi connectivity index (χ4v) is 1.98. The molecule has 72 valence electrons. The van der Waals surface area contributed by atoms with Crippen molar-refractivity contribution in [2.45, 2.75) is 6.92 Å². The molecule has 0 amide bonds. The number of nitrogens with one attached hydrogen (secondary N) is 1. The van der Waals surface area contributed by atoms with Gasteiger partial charge < -0.3 is 4.74 Å². The first-order valence-corrected chi connectivity index (χ1v) is 5.24. The predicted molar refractivity (Wildman–Crippen MR) is 58.1 cm³/mol. The highest BCUT2D eigenvalue weighted by atomic mass is 32.1. The fourth-order valence-electron chi connectivity index (χ4n) is 1.20. The molecule has 14 heavy (non-hydrogen) atoms. The van der Waals surface area contributed by atoms with E-state index >= 15 is 0 Å². The van der Waals surface area contributed by atoms with Crippen LogP contribution >= 0.6 is 11.3 Å². The molecule has 0 bridgehead atoms. The summed E-state index contributed by atoms with van der Waals surface area (Å²) in [6.07, 6.45) is 1.67. The van der Waals surface area contributed by atoms with E-state index in [0.29, 0.717) is 6.61 Å². The molecule has 0 saturated heterocycles. The largest absolute Gasteiger partial charge is 0.478 e. The minimum atomic E-state index is 0.190. The lowest BCUT2D eigenvalue weighted by Gasteiger charge is -2.03. The minimum Gasteiger partial charge on any atom is -0.478 e. The molecule has 0 saturated carbocycles. The number of fused-ring (bicyclic) bond motifs is 1. The van der Waals surface area contributed by atoms with Crippen molar-refractivity contribution < 1.29 is 4.74 Å². The van der Waals surface area contributed by atoms with Crippen LogP contribution in [0.1, 0.15) is 12.5 Å². The zero-order valence-electron chi connectivity index (χ0n) is 7.78. The molecule has 2 aromatic heterocycles. The SMILES string of the molecule is CCOC(=N)c1cnc2ccsc2c1. The Morgan fingerprint density at radius 3 is 3.29 bits per heavy atom. The van der Waals surface area contributed by atoms with Crippen LogP contribution in [0.2, 0.25) is 0 Å². The summed E-state index contributed by atoms with van der Waals surface area (Å²) in [5.41, 5.74) is 1.71. The second-order valence-electron chi connectivity index (χ2n) is 2.79. The maximum Gasteiger partial charge on any atom is 0.214 e. The van der Waals surface area contributed by atoms with Crippen LogP contribution in [0.3, 0.4) is 0 Å². The summed E-state index contributed by atoms with van der Waals surface area (Å²) in [6.45, 7) is 2.38. The van der Waals surface area contributed by atoms with Gasteiger partial charge in [-0.3, -0.25) is 10.4 Å². The molecule has 2 aromatic rings. The molecule has 0 fully saturated rings. The van der Waals surface area contributed by atoms with Crippen molar-refractivity contribution in [2.75, 3.05) is 6.61 Å². The molecular formula is C10H10N2OS. The van der Waals surface area contributed by atoms with Crippen LogP contribution < -0.4 is 0 Å². The number of nitrogens with zero attached hydrogens (tertiary/aromatic N) is 1. The number of ether oxygens (including phenoxy) is 1. The first kappa shape index (κ1) is 9.15. The van der Waals surface area contributed by atoms with Gasteiger partial charge in [0.25, 0.3) is 0 Å². The number of hydrogen-bond donors (Lipinski definition) is 1. The highest BCUT2D eigenvalue weighted by Crippen LogP contribution is 2.19. The van der Waals surface area contributed by atoms with Crippen LogP contribution in [0.15, 0.2) is 23.7 Å². The third kappa shape index (κ3) is 1.61. The quantitative estimate of drug-likeness (QED) is 0.606. The van der Waals surface area contributed by atoms with Gasteiger partial charge in [-0.25, -0.2) is 0 Å². The first-order chi connectivity index (χ1) is 6.81. The van der Waals surface area contributed by atoms with E-state index < -0.39 is 0 Å². The molecule has 0 spiro atoms. The molecular weight excluding hydrogens is 196 g/mol. The molecule has 0 radical (unpaired) electrons. The molecule has 2 heterocycles. The van der Waals surface area contributed by atoms with E-state index in [1.54, 1.807) is 17.5 Å². The average Bonchev–Trinajstić information content (AvgIpc) is 2.64. The second-order valence-corrected chi connectivity index (χ2v) is 3.74. The average molecular weight is 206 g/mol. The zero-order chi connectivity index (χ0) is 9.97. The van der Waals surface area contributed by atoms with Crippen LogP contribution in [0.25, 0.3) is 10.2 Å². The predicted octanol–water partition coefficient (Wildman–Crippen LogP) is 2.66. The van der Waals surface area contributed by atoms with E-state index in [1.165, 1.54) is 0 Å². The molecule has 0 aliphatic heterocycles. The van der Waals surface area contributed by atoms with E-state index in [4.69, 9.17) is 10.1 Å². The van der Waals surface area contributed by atoms with E-state index in [1.807, 2.05) is 24.4 Å². The van der Waals surface area contributed by atoms with Gasteiger partial charge in [-0.15, -0.1) is 11.3 Å². The van der Waals surface area contributed by atoms with Gasteiger partial charge in [0, 0.05) is 6.20 Å². The summed E-state index contributed by atoms with van der Waals surface area (Å²) in [7, 11) is 0. The van der Waals surface area contributed by atoms with Gasteiger partial charge in [0.05, 0.1) is 22.4 Å². The summed E-state index contributed by atoms with van der Waals surface area (Å²) in [5.74, 6) is 0.190. The third-order valence-corrected chi connectivity index (χ3v) is 2.71. The van der Waals surface area contributed by atoms with Crippen molar-refractivity contribution in [2.24, 2.45) is 0 Å². The zero-order valence-corrected chi connectivity index (χ0v) is 8.60. The lowest BCUT2D eigenvalue weighted by atomic mass is 10.2. The van der Waals surface area contributed by atoms with Crippen LogP contribution in [-0.2, 0) is 4.74 Å². The molecule has 2 rings (SSSR count). The van der Waals surface area contributed by atoms with Gasteiger partial charge in [0.1, 0.15) is 0 Å². The Morgan fingerprint density at radius 2 is 2.50 bits per heavy atom. The Hall–Kier alpha value is -1.42. The van der Waals surface area contributed by atoms with E-state index in [2.05, 4.69) is 4.98 Å². The molecule has 0 aromatic carbocycles.